The zero-order valence-corrected chi connectivity index (χ0v) is 11.3. The van der Waals surface area contributed by atoms with Gasteiger partial charge in [0.25, 0.3) is 0 Å². The molecule has 4 nitrogen and oxygen atoms in total. The van der Waals surface area contributed by atoms with Crippen molar-refractivity contribution in [3.05, 3.63) is 29.3 Å². The van der Waals surface area contributed by atoms with Gasteiger partial charge in [-0.25, -0.2) is 13.1 Å². The molecule has 2 N–H and O–H groups in total. The fourth-order valence-corrected chi connectivity index (χ4v) is 2.74. The predicted octanol–water partition coefficient (Wildman–Crippen LogP) is 1.64. The highest BCUT2D eigenvalue weighted by molar-refractivity contribution is 7.89. The first-order valence-electron chi connectivity index (χ1n) is 5.27. The Bertz CT molecular complexity index is 473. The average molecular weight is 278 g/mol. The van der Waals surface area contributed by atoms with E-state index in [0.29, 0.717) is 0 Å². The Labute approximate surface area is 107 Å². The van der Waals surface area contributed by atoms with Crippen LogP contribution in [-0.2, 0) is 10.0 Å². The van der Waals surface area contributed by atoms with Crippen molar-refractivity contribution in [3.63, 3.8) is 0 Å². The number of benzene rings is 1. The van der Waals surface area contributed by atoms with Gasteiger partial charge in [-0.05, 0) is 18.1 Å². The Morgan fingerprint density at radius 1 is 1.35 bits per heavy atom. The lowest BCUT2D eigenvalue weighted by atomic mass is 10.1. The van der Waals surface area contributed by atoms with Crippen molar-refractivity contribution in [2.24, 2.45) is 5.92 Å². The molecular weight excluding hydrogens is 262 g/mol. The van der Waals surface area contributed by atoms with E-state index < -0.39 is 16.1 Å². The topological polar surface area (TPSA) is 66.4 Å². The average Bonchev–Trinajstić information content (AvgIpc) is 2.26. The van der Waals surface area contributed by atoms with Crippen LogP contribution in [0.1, 0.15) is 13.8 Å². The molecule has 0 radical (unpaired) electrons. The Kier molecular flexibility index (Phi) is 4.94. The molecular formula is C11H16ClNO3S. The number of hydrogen-bond acceptors (Lipinski definition) is 3. The third kappa shape index (κ3) is 3.96. The molecule has 0 aromatic heterocycles. The van der Waals surface area contributed by atoms with Gasteiger partial charge in [-0.15, -0.1) is 0 Å². The van der Waals surface area contributed by atoms with Crippen molar-refractivity contribution in [2.75, 3.05) is 6.54 Å². The first-order chi connectivity index (χ1) is 7.84. The van der Waals surface area contributed by atoms with E-state index in [2.05, 4.69) is 4.72 Å². The molecule has 0 heterocycles. The summed E-state index contributed by atoms with van der Waals surface area (Å²) in [5, 5.41) is 9.71. The van der Waals surface area contributed by atoms with Crippen molar-refractivity contribution in [1.82, 2.24) is 4.72 Å². The minimum absolute atomic E-state index is 0.0102. The SMILES string of the molecule is CC(C)C(O)CNS(=O)(=O)c1ccccc1Cl. The molecule has 0 aliphatic rings. The fourth-order valence-electron chi connectivity index (χ4n) is 1.17. The summed E-state index contributed by atoms with van der Waals surface area (Å²) in [5.74, 6) is -0.0102. The van der Waals surface area contributed by atoms with Crippen LogP contribution >= 0.6 is 11.6 Å². The number of rotatable bonds is 5. The van der Waals surface area contributed by atoms with Gasteiger partial charge >= 0.3 is 0 Å². The number of aliphatic hydroxyl groups is 1. The lowest BCUT2D eigenvalue weighted by Gasteiger charge is -2.15. The molecule has 0 spiro atoms. The summed E-state index contributed by atoms with van der Waals surface area (Å²) in [4.78, 5) is 0.0256. The van der Waals surface area contributed by atoms with Gasteiger partial charge in [-0.3, -0.25) is 0 Å². The maximum absolute atomic E-state index is 11.9. The molecule has 1 rings (SSSR count). The minimum Gasteiger partial charge on any atom is -0.391 e. The van der Waals surface area contributed by atoms with Gasteiger partial charge in [0.1, 0.15) is 4.90 Å². The van der Waals surface area contributed by atoms with Crippen LogP contribution in [0.15, 0.2) is 29.2 Å². The number of halogens is 1. The first-order valence-corrected chi connectivity index (χ1v) is 7.13. The van der Waals surface area contributed by atoms with E-state index in [1.54, 1.807) is 12.1 Å². The summed E-state index contributed by atoms with van der Waals surface area (Å²) in [6.07, 6.45) is -0.715. The van der Waals surface area contributed by atoms with E-state index in [1.165, 1.54) is 12.1 Å². The molecule has 96 valence electrons. The minimum atomic E-state index is -3.66. The maximum Gasteiger partial charge on any atom is 0.242 e. The summed E-state index contributed by atoms with van der Waals surface area (Å²) < 4.78 is 26.1. The van der Waals surface area contributed by atoms with Crippen molar-refractivity contribution in [3.8, 4) is 0 Å². The molecule has 1 aromatic rings. The molecule has 0 aliphatic heterocycles. The number of hydrogen-bond donors (Lipinski definition) is 2. The van der Waals surface area contributed by atoms with E-state index in [1.807, 2.05) is 13.8 Å². The van der Waals surface area contributed by atoms with Crippen molar-refractivity contribution in [2.45, 2.75) is 24.8 Å². The standard InChI is InChI=1S/C11H16ClNO3S/c1-8(2)10(14)7-13-17(15,16)11-6-4-3-5-9(11)12/h3-6,8,10,13-14H,7H2,1-2H3. The lowest BCUT2D eigenvalue weighted by molar-refractivity contribution is 0.129. The number of aliphatic hydroxyl groups excluding tert-OH is 1. The van der Waals surface area contributed by atoms with Crippen molar-refractivity contribution >= 4 is 21.6 Å². The van der Waals surface area contributed by atoms with Gasteiger partial charge < -0.3 is 5.11 Å². The van der Waals surface area contributed by atoms with Crippen LogP contribution in [0.3, 0.4) is 0 Å². The summed E-state index contributed by atoms with van der Waals surface area (Å²) in [6.45, 7) is 3.61. The molecule has 1 aromatic carbocycles. The summed E-state index contributed by atoms with van der Waals surface area (Å²) >= 11 is 5.80. The van der Waals surface area contributed by atoms with E-state index >= 15 is 0 Å². The molecule has 0 aliphatic carbocycles. The summed E-state index contributed by atoms with van der Waals surface area (Å²) in [5.41, 5.74) is 0. The highest BCUT2D eigenvalue weighted by Gasteiger charge is 2.19. The van der Waals surface area contributed by atoms with Crippen LogP contribution in [0.25, 0.3) is 0 Å². The second kappa shape index (κ2) is 5.82. The van der Waals surface area contributed by atoms with Gasteiger partial charge in [0.15, 0.2) is 0 Å². The van der Waals surface area contributed by atoms with Gasteiger partial charge in [0, 0.05) is 6.54 Å². The van der Waals surface area contributed by atoms with Gasteiger partial charge in [0.2, 0.25) is 10.0 Å². The van der Waals surface area contributed by atoms with E-state index in [4.69, 9.17) is 11.6 Å². The van der Waals surface area contributed by atoms with Gasteiger partial charge in [-0.2, -0.15) is 0 Å². The molecule has 0 saturated carbocycles. The highest BCUT2D eigenvalue weighted by atomic mass is 35.5. The smallest absolute Gasteiger partial charge is 0.242 e. The molecule has 1 unspecified atom stereocenters. The molecule has 0 bridgehead atoms. The van der Waals surface area contributed by atoms with Crippen LogP contribution in [0, 0.1) is 5.92 Å². The Morgan fingerprint density at radius 3 is 2.47 bits per heavy atom. The first kappa shape index (κ1) is 14.4. The highest BCUT2D eigenvalue weighted by Crippen LogP contribution is 2.20. The molecule has 0 saturated heterocycles. The number of sulfonamides is 1. The normalized spacial score (nSPS) is 13.9. The predicted molar refractivity (Wildman–Crippen MR) is 67.5 cm³/mol. The van der Waals surface area contributed by atoms with E-state index in [-0.39, 0.29) is 22.4 Å². The van der Waals surface area contributed by atoms with E-state index in [0.717, 1.165) is 0 Å². The molecule has 0 fully saturated rings. The van der Waals surface area contributed by atoms with Gasteiger partial charge in [0.05, 0.1) is 11.1 Å². The second-order valence-corrected chi connectivity index (χ2v) is 6.24. The van der Waals surface area contributed by atoms with Crippen LogP contribution in [0.4, 0.5) is 0 Å². The molecule has 6 heteroatoms. The monoisotopic (exact) mass is 277 g/mol. The zero-order valence-electron chi connectivity index (χ0n) is 9.72. The Morgan fingerprint density at radius 2 is 1.94 bits per heavy atom. The molecule has 17 heavy (non-hydrogen) atoms. The maximum atomic E-state index is 11.9. The van der Waals surface area contributed by atoms with Crippen LogP contribution < -0.4 is 4.72 Å². The quantitative estimate of drug-likeness (QED) is 0.860. The van der Waals surface area contributed by atoms with Gasteiger partial charge in [-0.1, -0.05) is 37.6 Å². The second-order valence-electron chi connectivity index (χ2n) is 4.09. The fraction of sp³-hybridized carbons (Fsp3) is 0.455. The van der Waals surface area contributed by atoms with Crippen LogP contribution in [0.2, 0.25) is 5.02 Å². The van der Waals surface area contributed by atoms with E-state index in [9.17, 15) is 13.5 Å². The largest absolute Gasteiger partial charge is 0.391 e. The lowest BCUT2D eigenvalue weighted by Crippen LogP contribution is -2.34. The van der Waals surface area contributed by atoms with Crippen molar-refractivity contribution < 1.29 is 13.5 Å². The zero-order chi connectivity index (χ0) is 13.1. The van der Waals surface area contributed by atoms with Crippen molar-refractivity contribution in [1.29, 1.82) is 0 Å². The molecule has 1 atom stereocenters. The third-order valence-corrected chi connectivity index (χ3v) is 4.30. The van der Waals surface area contributed by atoms with Crippen LogP contribution in [0.5, 0.6) is 0 Å². The number of nitrogens with one attached hydrogen (secondary N) is 1. The Balaban J connectivity index is 2.80. The summed E-state index contributed by atoms with van der Waals surface area (Å²) in [7, 11) is -3.66. The summed E-state index contributed by atoms with van der Waals surface area (Å²) in [6, 6.07) is 6.19. The third-order valence-electron chi connectivity index (χ3n) is 2.38. The Hall–Kier alpha value is -0.620. The molecule has 0 amide bonds. The van der Waals surface area contributed by atoms with Crippen LogP contribution in [-0.4, -0.2) is 26.2 Å².